The van der Waals surface area contributed by atoms with E-state index in [0.29, 0.717) is 5.56 Å². The Morgan fingerprint density at radius 2 is 1.92 bits per heavy atom. The molecule has 0 aromatic heterocycles. The van der Waals surface area contributed by atoms with Gasteiger partial charge < -0.3 is 18.9 Å². The molecule has 72 valence electrons. The molecule has 0 bridgehead atoms. The first-order chi connectivity index (χ1) is 5.90. The first-order valence-electron chi connectivity index (χ1n) is 3.68. The van der Waals surface area contributed by atoms with Gasteiger partial charge in [0.05, 0.1) is 0 Å². The van der Waals surface area contributed by atoms with E-state index in [1.165, 1.54) is 6.07 Å². The molecule has 1 aromatic rings. The Balaban J connectivity index is 3.03. The maximum Gasteiger partial charge on any atom is 0.127 e. The van der Waals surface area contributed by atoms with Gasteiger partial charge in [0.15, 0.2) is 0 Å². The van der Waals surface area contributed by atoms with E-state index in [1.54, 1.807) is 13.0 Å². The van der Waals surface area contributed by atoms with Gasteiger partial charge >= 0.3 is 0 Å². The second-order valence-corrected chi connectivity index (χ2v) is 3.81. The van der Waals surface area contributed by atoms with Crippen molar-refractivity contribution >= 4 is 7.82 Å². The van der Waals surface area contributed by atoms with Crippen molar-refractivity contribution in [2.75, 3.05) is 0 Å². The molecule has 0 N–H and O–H groups in total. The van der Waals surface area contributed by atoms with Gasteiger partial charge in [-0.3, -0.25) is 0 Å². The SMILES string of the molecule is Cc1cccc(OP(=O)([O-])[O-])c1C. The van der Waals surface area contributed by atoms with E-state index >= 15 is 0 Å². The van der Waals surface area contributed by atoms with Gasteiger partial charge in [-0.05, 0) is 31.0 Å². The predicted octanol–water partition coefficient (Wildman–Crippen LogP) is 0.511. The fourth-order valence-electron chi connectivity index (χ4n) is 0.944. The van der Waals surface area contributed by atoms with Gasteiger partial charge in [-0.25, -0.2) is 0 Å². The molecule has 5 heteroatoms. The van der Waals surface area contributed by atoms with Crippen LogP contribution in [0.1, 0.15) is 11.1 Å². The Kier molecular flexibility index (Phi) is 2.76. The van der Waals surface area contributed by atoms with Crippen LogP contribution in [0.2, 0.25) is 0 Å². The third-order valence-corrected chi connectivity index (χ3v) is 2.19. The number of hydrogen-bond acceptors (Lipinski definition) is 4. The Bertz CT molecular complexity index is 355. The second-order valence-electron chi connectivity index (χ2n) is 2.74. The van der Waals surface area contributed by atoms with E-state index in [4.69, 9.17) is 0 Å². The molecule has 0 saturated carbocycles. The molecule has 0 saturated heterocycles. The van der Waals surface area contributed by atoms with Gasteiger partial charge in [-0.2, -0.15) is 0 Å². The highest BCUT2D eigenvalue weighted by Crippen LogP contribution is 2.32. The number of phosphoric ester groups is 1. The third-order valence-electron chi connectivity index (χ3n) is 1.77. The smallest absolute Gasteiger partial charge is 0.127 e. The Morgan fingerprint density at radius 1 is 1.31 bits per heavy atom. The average molecular weight is 200 g/mol. The molecule has 0 unspecified atom stereocenters. The highest BCUT2D eigenvalue weighted by molar-refractivity contribution is 7.43. The number of hydrogen-bond donors (Lipinski definition) is 0. The van der Waals surface area contributed by atoms with Crippen molar-refractivity contribution in [1.82, 2.24) is 0 Å². The van der Waals surface area contributed by atoms with E-state index in [2.05, 4.69) is 4.52 Å². The summed E-state index contributed by atoms with van der Waals surface area (Å²) in [5, 5.41) is 0. The first-order valence-corrected chi connectivity index (χ1v) is 5.14. The lowest BCUT2D eigenvalue weighted by Crippen LogP contribution is -2.19. The van der Waals surface area contributed by atoms with E-state index in [-0.39, 0.29) is 5.75 Å². The summed E-state index contributed by atoms with van der Waals surface area (Å²) in [4.78, 5) is 20.6. The normalized spacial score (nSPS) is 11.4. The Labute approximate surface area is 76.4 Å². The zero-order chi connectivity index (χ0) is 10.1. The summed E-state index contributed by atoms with van der Waals surface area (Å²) in [5.74, 6) is 0.105. The molecule has 1 rings (SSSR count). The monoisotopic (exact) mass is 200 g/mol. The minimum atomic E-state index is -4.93. The van der Waals surface area contributed by atoms with Crippen LogP contribution in [0.5, 0.6) is 5.75 Å². The van der Waals surface area contributed by atoms with Gasteiger partial charge in [0.1, 0.15) is 13.6 Å². The molecule has 1 aromatic carbocycles. The molecule has 4 nitrogen and oxygen atoms in total. The molecular formula is C8H9O4P-2. The van der Waals surface area contributed by atoms with E-state index in [9.17, 15) is 14.4 Å². The van der Waals surface area contributed by atoms with Crippen molar-refractivity contribution in [1.29, 1.82) is 0 Å². The summed E-state index contributed by atoms with van der Waals surface area (Å²) in [6.45, 7) is 3.50. The number of aryl methyl sites for hydroxylation is 1. The molecule has 0 atom stereocenters. The summed E-state index contributed by atoms with van der Waals surface area (Å²) in [5.41, 5.74) is 1.54. The van der Waals surface area contributed by atoms with Gasteiger partial charge in [-0.1, -0.05) is 12.1 Å². The van der Waals surface area contributed by atoms with Crippen LogP contribution in [0.25, 0.3) is 0 Å². The van der Waals surface area contributed by atoms with Gasteiger partial charge in [-0.15, -0.1) is 0 Å². The van der Waals surface area contributed by atoms with Crippen LogP contribution in [-0.2, 0) is 4.57 Å². The van der Waals surface area contributed by atoms with Gasteiger partial charge in [0.2, 0.25) is 0 Å². The standard InChI is InChI=1S/C8H11O4P/c1-6-4-3-5-8(7(6)2)12-13(9,10)11/h3-5H,1-2H3,(H2,9,10,11)/p-2. The fraction of sp³-hybridized carbons (Fsp3) is 0.250. The predicted molar refractivity (Wildman–Crippen MR) is 44.2 cm³/mol. The molecule has 0 aliphatic rings. The molecule has 0 aliphatic heterocycles. The quantitative estimate of drug-likeness (QED) is 0.652. The molecular weight excluding hydrogens is 191 g/mol. The van der Waals surface area contributed by atoms with Gasteiger partial charge in [0.25, 0.3) is 0 Å². The topological polar surface area (TPSA) is 72.4 Å². The van der Waals surface area contributed by atoms with Crippen molar-refractivity contribution in [3.63, 3.8) is 0 Å². The average Bonchev–Trinajstić information content (AvgIpc) is 1.96. The van der Waals surface area contributed by atoms with Crippen molar-refractivity contribution in [2.45, 2.75) is 13.8 Å². The molecule has 0 spiro atoms. The Morgan fingerprint density at radius 3 is 2.46 bits per heavy atom. The lowest BCUT2D eigenvalue weighted by Gasteiger charge is -2.30. The first kappa shape index (κ1) is 10.3. The maximum absolute atomic E-state index is 10.3. The fourth-order valence-corrected chi connectivity index (χ4v) is 1.38. The van der Waals surface area contributed by atoms with E-state index in [1.807, 2.05) is 13.0 Å². The maximum atomic E-state index is 10.3. The largest absolute Gasteiger partial charge is 0.780 e. The van der Waals surface area contributed by atoms with Crippen molar-refractivity contribution in [2.24, 2.45) is 0 Å². The van der Waals surface area contributed by atoms with Crippen LogP contribution in [-0.4, -0.2) is 0 Å². The summed E-state index contributed by atoms with van der Waals surface area (Å²) in [6, 6.07) is 4.89. The van der Waals surface area contributed by atoms with Crippen LogP contribution in [0.15, 0.2) is 18.2 Å². The molecule has 0 amide bonds. The summed E-state index contributed by atoms with van der Waals surface area (Å²) in [7, 11) is -4.93. The minimum absolute atomic E-state index is 0.105. The molecule has 0 aliphatic carbocycles. The number of phosphoric acid groups is 1. The molecule has 0 heterocycles. The van der Waals surface area contributed by atoms with Crippen LogP contribution in [0, 0.1) is 13.8 Å². The summed E-state index contributed by atoms with van der Waals surface area (Å²) in [6.07, 6.45) is 0. The lowest BCUT2D eigenvalue weighted by atomic mass is 10.1. The Hall–Kier alpha value is -0.830. The van der Waals surface area contributed by atoms with Crippen LogP contribution in [0.4, 0.5) is 0 Å². The van der Waals surface area contributed by atoms with Crippen molar-refractivity contribution in [3.05, 3.63) is 29.3 Å². The van der Waals surface area contributed by atoms with Crippen LogP contribution in [0.3, 0.4) is 0 Å². The van der Waals surface area contributed by atoms with E-state index in [0.717, 1.165) is 5.56 Å². The lowest BCUT2D eigenvalue weighted by molar-refractivity contribution is -0.333. The van der Waals surface area contributed by atoms with Crippen LogP contribution >= 0.6 is 7.82 Å². The zero-order valence-corrected chi connectivity index (χ0v) is 8.21. The molecule has 13 heavy (non-hydrogen) atoms. The van der Waals surface area contributed by atoms with Crippen molar-refractivity contribution < 1.29 is 18.9 Å². The number of benzene rings is 1. The van der Waals surface area contributed by atoms with Crippen molar-refractivity contribution in [3.8, 4) is 5.75 Å². The third kappa shape index (κ3) is 2.84. The number of rotatable bonds is 2. The molecule has 0 fully saturated rings. The zero-order valence-electron chi connectivity index (χ0n) is 7.31. The minimum Gasteiger partial charge on any atom is -0.780 e. The second kappa shape index (κ2) is 3.50. The molecule has 0 radical (unpaired) electrons. The highest BCUT2D eigenvalue weighted by Gasteiger charge is 2.02. The highest BCUT2D eigenvalue weighted by atomic mass is 31.2. The summed E-state index contributed by atoms with van der Waals surface area (Å²) < 4.78 is 14.6. The van der Waals surface area contributed by atoms with E-state index < -0.39 is 7.82 Å². The van der Waals surface area contributed by atoms with Gasteiger partial charge in [0, 0.05) is 0 Å². The van der Waals surface area contributed by atoms with Crippen LogP contribution < -0.4 is 14.3 Å². The summed E-state index contributed by atoms with van der Waals surface area (Å²) >= 11 is 0.